The molecule has 0 saturated heterocycles. The van der Waals surface area contributed by atoms with Crippen LogP contribution in [0.15, 0.2) is 36.4 Å². The van der Waals surface area contributed by atoms with E-state index < -0.39 is 0 Å². The molecule has 0 spiro atoms. The Morgan fingerprint density at radius 2 is 1.16 bits per heavy atom. The number of benzene rings is 2. The minimum atomic E-state index is -0.152. The molecule has 3 heteroatoms. The third-order valence-electron chi connectivity index (χ3n) is 2.93. The zero-order valence-electron chi connectivity index (χ0n) is 11.7. The van der Waals surface area contributed by atoms with Crippen LogP contribution < -0.4 is 30.7 Å². The molecule has 2 aromatic carbocycles. The number of hydrogen-bond donors (Lipinski definition) is 0. The van der Waals surface area contributed by atoms with E-state index in [1.165, 1.54) is 18.3 Å². The van der Waals surface area contributed by atoms with Crippen LogP contribution in [0, 0.1) is 21.0 Å². The zero-order valence-corrected chi connectivity index (χ0v) is 13.8. The predicted molar refractivity (Wildman–Crippen MR) is 72.9 cm³/mol. The molecule has 0 N–H and O–H groups in total. The standard InChI is InChI=1S/C16H18IO2/c1-11-9-13(5-7-15(11)18-3)17-14-6-8-16(19-4)12(2)10-14/h5-10H,1-4H3/q-1. The topological polar surface area (TPSA) is 18.5 Å². The summed E-state index contributed by atoms with van der Waals surface area (Å²) in [6.07, 6.45) is 0. The van der Waals surface area contributed by atoms with Crippen molar-refractivity contribution in [2.75, 3.05) is 14.2 Å². The molecule has 2 rings (SSSR count). The average Bonchev–Trinajstić information content (AvgIpc) is 2.39. The summed E-state index contributed by atoms with van der Waals surface area (Å²) < 4.78 is 13.4. The van der Waals surface area contributed by atoms with Crippen molar-refractivity contribution in [2.45, 2.75) is 13.8 Å². The van der Waals surface area contributed by atoms with Gasteiger partial charge in [-0.25, -0.2) is 0 Å². The quantitative estimate of drug-likeness (QED) is 0.729. The molecular formula is C16H18IO2-. The second kappa shape index (κ2) is 6.28. The molecule has 0 radical (unpaired) electrons. The molecule has 0 atom stereocenters. The Labute approximate surface area is 125 Å². The summed E-state index contributed by atoms with van der Waals surface area (Å²) in [5.74, 6) is 1.91. The van der Waals surface area contributed by atoms with Crippen LogP contribution in [-0.2, 0) is 0 Å². The number of ether oxygens (including phenoxy) is 2. The summed E-state index contributed by atoms with van der Waals surface area (Å²) in [4.78, 5) is 0. The molecule has 0 aliphatic rings. The molecule has 0 fully saturated rings. The number of rotatable bonds is 4. The maximum atomic E-state index is 5.30. The summed E-state index contributed by atoms with van der Waals surface area (Å²) in [5.41, 5.74) is 2.40. The van der Waals surface area contributed by atoms with Crippen molar-refractivity contribution in [1.82, 2.24) is 0 Å². The zero-order chi connectivity index (χ0) is 13.8. The first-order valence-corrected chi connectivity index (χ1v) is 8.24. The van der Waals surface area contributed by atoms with Crippen molar-refractivity contribution in [1.29, 1.82) is 0 Å². The molecule has 0 aromatic heterocycles. The van der Waals surface area contributed by atoms with Crippen LogP contribution in [0.1, 0.15) is 11.1 Å². The summed E-state index contributed by atoms with van der Waals surface area (Å²) in [5, 5.41) is 0. The van der Waals surface area contributed by atoms with Gasteiger partial charge in [-0.15, -0.1) is 0 Å². The molecule has 2 aromatic rings. The van der Waals surface area contributed by atoms with Crippen LogP contribution in [0.2, 0.25) is 0 Å². The fourth-order valence-electron chi connectivity index (χ4n) is 1.93. The van der Waals surface area contributed by atoms with Gasteiger partial charge in [0.25, 0.3) is 0 Å². The van der Waals surface area contributed by atoms with Gasteiger partial charge in [0.1, 0.15) is 0 Å². The first kappa shape index (κ1) is 14.2. The number of methoxy groups -OCH3 is 2. The van der Waals surface area contributed by atoms with Gasteiger partial charge in [0, 0.05) is 0 Å². The van der Waals surface area contributed by atoms with Crippen molar-refractivity contribution >= 4 is 0 Å². The van der Waals surface area contributed by atoms with Crippen molar-refractivity contribution in [3.05, 3.63) is 54.7 Å². The Hall–Kier alpha value is -1.23. The first-order chi connectivity index (χ1) is 9.13. The van der Waals surface area contributed by atoms with E-state index in [-0.39, 0.29) is 21.2 Å². The van der Waals surface area contributed by atoms with E-state index in [0.29, 0.717) is 0 Å². The summed E-state index contributed by atoms with van der Waals surface area (Å²) in [7, 11) is 3.42. The van der Waals surface area contributed by atoms with Crippen LogP contribution in [0.4, 0.5) is 0 Å². The predicted octanol–water partition coefficient (Wildman–Crippen LogP) is 0.449. The number of hydrogen-bond acceptors (Lipinski definition) is 2. The molecule has 19 heavy (non-hydrogen) atoms. The van der Waals surface area contributed by atoms with E-state index >= 15 is 0 Å². The Kier molecular flexibility index (Phi) is 4.69. The van der Waals surface area contributed by atoms with Crippen LogP contribution >= 0.6 is 0 Å². The van der Waals surface area contributed by atoms with Gasteiger partial charge in [-0.2, -0.15) is 0 Å². The van der Waals surface area contributed by atoms with E-state index in [2.05, 4.69) is 50.2 Å². The average molecular weight is 369 g/mol. The van der Waals surface area contributed by atoms with Crippen molar-refractivity contribution in [3.63, 3.8) is 0 Å². The van der Waals surface area contributed by atoms with Gasteiger partial charge in [0.15, 0.2) is 0 Å². The minimum absolute atomic E-state index is 0.152. The van der Waals surface area contributed by atoms with Crippen molar-refractivity contribution < 1.29 is 30.7 Å². The molecule has 0 saturated carbocycles. The Bertz CT molecular complexity index is 527. The fraction of sp³-hybridized carbons (Fsp3) is 0.250. The van der Waals surface area contributed by atoms with Gasteiger partial charge >= 0.3 is 125 Å². The third-order valence-corrected chi connectivity index (χ3v) is 5.52. The number of halogens is 1. The third kappa shape index (κ3) is 3.41. The molecule has 0 aliphatic carbocycles. The van der Waals surface area contributed by atoms with Gasteiger partial charge in [0.05, 0.1) is 0 Å². The van der Waals surface area contributed by atoms with Gasteiger partial charge < -0.3 is 0 Å². The molecule has 0 bridgehead atoms. The SMILES string of the molecule is COc1ccc([I-]c2ccc(OC)c(C)c2)cc1C. The van der Waals surface area contributed by atoms with E-state index in [1.54, 1.807) is 14.2 Å². The molecule has 0 unspecified atom stereocenters. The first-order valence-electron chi connectivity index (χ1n) is 6.08. The van der Waals surface area contributed by atoms with Crippen LogP contribution in [0.5, 0.6) is 11.5 Å². The van der Waals surface area contributed by atoms with Crippen LogP contribution in [0.3, 0.4) is 0 Å². The number of aryl methyl sites for hydroxylation is 2. The Morgan fingerprint density at radius 1 is 0.737 bits per heavy atom. The van der Waals surface area contributed by atoms with E-state index in [9.17, 15) is 0 Å². The molecule has 2 nitrogen and oxygen atoms in total. The second-order valence-electron chi connectivity index (χ2n) is 4.32. The maximum absolute atomic E-state index is 5.30. The molecular weight excluding hydrogens is 351 g/mol. The molecule has 102 valence electrons. The van der Waals surface area contributed by atoms with Crippen molar-refractivity contribution in [3.8, 4) is 11.5 Å². The molecule has 0 aliphatic heterocycles. The van der Waals surface area contributed by atoms with Crippen LogP contribution in [0.25, 0.3) is 0 Å². The van der Waals surface area contributed by atoms with E-state index in [4.69, 9.17) is 9.47 Å². The Morgan fingerprint density at radius 3 is 1.47 bits per heavy atom. The van der Waals surface area contributed by atoms with Gasteiger partial charge in [0.2, 0.25) is 0 Å². The monoisotopic (exact) mass is 369 g/mol. The summed E-state index contributed by atoms with van der Waals surface area (Å²) in [6, 6.07) is 12.9. The summed E-state index contributed by atoms with van der Waals surface area (Å²) in [6.45, 7) is 4.18. The van der Waals surface area contributed by atoms with Gasteiger partial charge in [-0.1, -0.05) is 0 Å². The molecule has 0 heterocycles. The molecule has 0 amide bonds. The fourth-order valence-corrected chi connectivity index (χ4v) is 4.61. The van der Waals surface area contributed by atoms with Gasteiger partial charge in [-0.05, 0) is 0 Å². The second-order valence-corrected chi connectivity index (χ2v) is 7.35. The summed E-state index contributed by atoms with van der Waals surface area (Å²) >= 11 is -0.152. The van der Waals surface area contributed by atoms with Gasteiger partial charge in [-0.3, -0.25) is 0 Å². The normalized spacial score (nSPS) is 10.5. The van der Waals surface area contributed by atoms with Crippen molar-refractivity contribution in [2.24, 2.45) is 0 Å². The Balaban J connectivity index is 2.21. The van der Waals surface area contributed by atoms with Crippen LogP contribution in [-0.4, -0.2) is 14.2 Å². The van der Waals surface area contributed by atoms with E-state index in [0.717, 1.165) is 11.5 Å². The van der Waals surface area contributed by atoms with E-state index in [1.807, 2.05) is 0 Å².